The summed E-state index contributed by atoms with van der Waals surface area (Å²) in [5, 5.41) is 10.2. The zero-order valence-corrected chi connectivity index (χ0v) is 17.7. The largest absolute Gasteiger partial charge is 0.383 e. The van der Waals surface area contributed by atoms with E-state index in [0.29, 0.717) is 29.6 Å². The van der Waals surface area contributed by atoms with Crippen LogP contribution in [0.15, 0.2) is 76.2 Å². The van der Waals surface area contributed by atoms with Crippen LogP contribution in [-0.2, 0) is 4.79 Å². The molecule has 0 amide bonds. The molecular weight excluding hydrogens is 384 g/mol. The quantitative estimate of drug-likeness (QED) is 0.768. The number of carbonyl (C=O) groups is 1. The molecule has 0 saturated carbocycles. The van der Waals surface area contributed by atoms with E-state index in [4.69, 9.17) is 5.73 Å². The minimum absolute atomic E-state index is 0.117. The molecule has 5 rings (SSSR count). The third kappa shape index (κ3) is 2.90. The van der Waals surface area contributed by atoms with Gasteiger partial charge in [-0.05, 0) is 42.0 Å². The smallest absolute Gasteiger partial charge is 0.161 e. The predicted molar refractivity (Wildman–Crippen MR) is 121 cm³/mol. The van der Waals surface area contributed by atoms with Gasteiger partial charge in [-0.1, -0.05) is 50.2 Å². The number of allylic oxidation sites excluding steroid dienone is 3. The molecule has 0 fully saturated rings. The van der Waals surface area contributed by atoms with Gasteiger partial charge in [-0.2, -0.15) is 5.26 Å². The van der Waals surface area contributed by atoms with Gasteiger partial charge in [-0.15, -0.1) is 0 Å². The number of ketones is 1. The second-order valence-corrected chi connectivity index (χ2v) is 8.59. The van der Waals surface area contributed by atoms with Crippen LogP contribution in [0.2, 0.25) is 0 Å². The molecule has 0 spiro atoms. The van der Waals surface area contributed by atoms with E-state index in [1.165, 1.54) is 5.56 Å². The van der Waals surface area contributed by atoms with Crippen molar-refractivity contribution in [3.63, 3.8) is 0 Å². The summed E-state index contributed by atoms with van der Waals surface area (Å²) in [5.74, 6) is 1.06. The summed E-state index contributed by atoms with van der Waals surface area (Å²) >= 11 is 0. The van der Waals surface area contributed by atoms with Gasteiger partial charge < -0.3 is 5.73 Å². The van der Waals surface area contributed by atoms with Gasteiger partial charge in [-0.3, -0.25) is 9.69 Å². The first-order valence-corrected chi connectivity index (χ1v) is 10.7. The van der Waals surface area contributed by atoms with E-state index in [1.807, 2.05) is 41.3 Å². The fraction of sp³-hybridized carbons (Fsp3) is 0.269. The van der Waals surface area contributed by atoms with Gasteiger partial charge >= 0.3 is 0 Å². The fourth-order valence-corrected chi connectivity index (χ4v) is 4.88. The third-order valence-corrected chi connectivity index (χ3v) is 6.43. The zero-order chi connectivity index (χ0) is 21.7. The van der Waals surface area contributed by atoms with Gasteiger partial charge in [-0.25, -0.2) is 4.99 Å². The summed E-state index contributed by atoms with van der Waals surface area (Å²) in [6.07, 6.45) is 2.08. The number of rotatable bonds is 2. The molecule has 154 valence electrons. The van der Waals surface area contributed by atoms with Crippen molar-refractivity contribution in [3.05, 3.63) is 87.9 Å². The van der Waals surface area contributed by atoms with Crippen LogP contribution in [0.4, 0.5) is 5.69 Å². The highest BCUT2D eigenvalue weighted by atomic mass is 16.1. The summed E-state index contributed by atoms with van der Waals surface area (Å²) < 4.78 is 0. The molecule has 0 bridgehead atoms. The number of hydrogen-bond acceptors (Lipinski definition) is 5. The van der Waals surface area contributed by atoms with Crippen molar-refractivity contribution in [3.8, 4) is 6.07 Å². The Balaban J connectivity index is 1.78. The van der Waals surface area contributed by atoms with Gasteiger partial charge in [0.15, 0.2) is 11.6 Å². The molecule has 0 unspecified atom stereocenters. The molecule has 2 N–H and O–H groups in total. The number of anilines is 1. The Morgan fingerprint density at radius 1 is 1.13 bits per heavy atom. The lowest BCUT2D eigenvalue weighted by atomic mass is 9.75. The van der Waals surface area contributed by atoms with Gasteiger partial charge in [0.1, 0.15) is 5.84 Å². The van der Waals surface area contributed by atoms with E-state index in [9.17, 15) is 10.1 Å². The molecule has 5 nitrogen and oxygen atoms in total. The molecule has 2 aliphatic heterocycles. The second kappa shape index (κ2) is 7.24. The number of hydrogen-bond donors (Lipinski definition) is 1. The highest BCUT2D eigenvalue weighted by Gasteiger charge is 2.42. The first-order chi connectivity index (χ1) is 15.0. The first-order valence-electron chi connectivity index (χ1n) is 10.7. The SMILES string of the molecule is CC(C)c1ccc([C@@H]2C(C#N)=C3N=C(N)c4ccccc4N3C3=C2C(=O)CCC3)cc1. The Morgan fingerprint density at radius 3 is 2.58 bits per heavy atom. The monoisotopic (exact) mass is 408 g/mol. The number of carbonyl (C=O) groups excluding carboxylic acids is 1. The lowest BCUT2D eigenvalue weighted by molar-refractivity contribution is -0.116. The highest BCUT2D eigenvalue weighted by Crippen LogP contribution is 2.49. The molecule has 0 saturated heterocycles. The number of para-hydroxylation sites is 1. The number of aliphatic imine (C=N–C) groups is 1. The van der Waals surface area contributed by atoms with Crippen LogP contribution >= 0.6 is 0 Å². The number of nitrogens with two attached hydrogens (primary N) is 1. The summed E-state index contributed by atoms with van der Waals surface area (Å²) in [5.41, 5.74) is 12.3. The molecule has 1 aliphatic carbocycles. The summed E-state index contributed by atoms with van der Waals surface area (Å²) in [4.78, 5) is 19.9. The molecule has 5 heteroatoms. The number of benzene rings is 2. The highest BCUT2D eigenvalue weighted by molar-refractivity contribution is 6.08. The summed E-state index contributed by atoms with van der Waals surface area (Å²) in [7, 11) is 0. The first kappa shape index (κ1) is 19.3. The van der Waals surface area contributed by atoms with E-state index in [2.05, 4.69) is 37.0 Å². The van der Waals surface area contributed by atoms with Crippen molar-refractivity contribution in [2.24, 2.45) is 10.7 Å². The number of amidine groups is 1. The Bertz CT molecular complexity index is 1220. The maximum Gasteiger partial charge on any atom is 0.161 e. The van der Waals surface area contributed by atoms with Gasteiger partial charge in [0, 0.05) is 23.3 Å². The van der Waals surface area contributed by atoms with Crippen molar-refractivity contribution in [1.82, 2.24) is 0 Å². The molecule has 31 heavy (non-hydrogen) atoms. The number of Topliss-reactive ketones (excluding diaryl/α,β-unsaturated/α-hetero) is 1. The number of nitriles is 1. The zero-order valence-electron chi connectivity index (χ0n) is 17.7. The average molecular weight is 409 g/mol. The fourth-order valence-electron chi connectivity index (χ4n) is 4.88. The molecule has 3 aliphatic rings. The molecule has 2 aromatic rings. The van der Waals surface area contributed by atoms with E-state index in [0.717, 1.165) is 40.9 Å². The van der Waals surface area contributed by atoms with Crippen LogP contribution in [-0.4, -0.2) is 11.6 Å². The van der Waals surface area contributed by atoms with E-state index >= 15 is 0 Å². The number of fused-ring (bicyclic) bond motifs is 4. The maximum absolute atomic E-state index is 13.2. The van der Waals surface area contributed by atoms with Crippen LogP contribution in [0, 0.1) is 11.3 Å². The summed E-state index contributed by atoms with van der Waals surface area (Å²) in [6, 6.07) is 18.4. The van der Waals surface area contributed by atoms with E-state index in [-0.39, 0.29) is 5.78 Å². The number of nitrogens with zero attached hydrogens (tertiary/aromatic N) is 3. The van der Waals surface area contributed by atoms with Crippen molar-refractivity contribution < 1.29 is 4.79 Å². The van der Waals surface area contributed by atoms with Gasteiger partial charge in [0.2, 0.25) is 0 Å². The van der Waals surface area contributed by atoms with Gasteiger partial charge in [0.05, 0.1) is 23.2 Å². The van der Waals surface area contributed by atoms with Gasteiger partial charge in [0.25, 0.3) is 0 Å². The predicted octanol–water partition coefficient (Wildman–Crippen LogP) is 4.87. The molecule has 2 heterocycles. The Hall–Kier alpha value is -3.65. The lowest BCUT2D eigenvalue weighted by Crippen LogP contribution is -2.39. The topological polar surface area (TPSA) is 82.5 Å². The molecule has 0 aromatic heterocycles. The van der Waals surface area contributed by atoms with Crippen LogP contribution in [0.5, 0.6) is 0 Å². The second-order valence-electron chi connectivity index (χ2n) is 8.59. The minimum atomic E-state index is -0.415. The Labute approximate surface area is 182 Å². The van der Waals surface area contributed by atoms with Crippen molar-refractivity contribution in [2.75, 3.05) is 4.90 Å². The van der Waals surface area contributed by atoms with Crippen molar-refractivity contribution in [1.29, 1.82) is 5.26 Å². The van der Waals surface area contributed by atoms with Crippen LogP contribution in [0.3, 0.4) is 0 Å². The standard InChI is InChI=1S/C26H24N4O/c1-15(2)16-10-12-17(13-11-16)23-19(14-27)26-29-25(28)18-6-3-4-7-20(18)30(26)21-8-5-9-22(31)24(21)23/h3-4,6-7,10-13,15,23H,5,8-9H2,1-2H3,(H2,28,29)/t23-/m1/s1. The lowest BCUT2D eigenvalue weighted by Gasteiger charge is -2.41. The van der Waals surface area contributed by atoms with E-state index < -0.39 is 5.92 Å². The normalized spacial score (nSPS) is 20.2. The van der Waals surface area contributed by atoms with Crippen LogP contribution in [0.25, 0.3) is 0 Å². The third-order valence-electron chi connectivity index (χ3n) is 6.43. The minimum Gasteiger partial charge on any atom is -0.383 e. The Morgan fingerprint density at radius 2 is 1.87 bits per heavy atom. The van der Waals surface area contributed by atoms with E-state index in [1.54, 1.807) is 0 Å². The molecule has 2 aromatic carbocycles. The average Bonchev–Trinajstić information content (AvgIpc) is 2.78. The molecule has 0 radical (unpaired) electrons. The molecule has 1 atom stereocenters. The van der Waals surface area contributed by atoms with Crippen molar-refractivity contribution in [2.45, 2.75) is 44.9 Å². The molecular formula is C26H24N4O. The van der Waals surface area contributed by atoms with Crippen LogP contribution < -0.4 is 10.6 Å². The van der Waals surface area contributed by atoms with Crippen molar-refractivity contribution >= 4 is 17.3 Å². The summed E-state index contributed by atoms with van der Waals surface area (Å²) in [6.45, 7) is 4.30. The Kier molecular flexibility index (Phi) is 4.51. The maximum atomic E-state index is 13.2. The van der Waals surface area contributed by atoms with Crippen LogP contribution in [0.1, 0.15) is 61.6 Å².